The number of aryl methyl sites for hydroxylation is 1. The number of carbonyl (C=O) groups excluding carboxylic acids is 2. The molecule has 32 heavy (non-hydrogen) atoms. The summed E-state index contributed by atoms with van der Waals surface area (Å²) in [6.45, 7) is 0.720. The van der Waals surface area contributed by atoms with E-state index in [2.05, 4.69) is 10.0 Å². The molecule has 0 aliphatic carbocycles. The van der Waals surface area contributed by atoms with Gasteiger partial charge in [0.05, 0.1) is 21.8 Å². The Morgan fingerprint density at radius 2 is 1.59 bits per heavy atom. The minimum Gasteiger partial charge on any atom is -0.452 e. The monoisotopic (exact) mass is 460 g/mol. The number of halogens is 2. The summed E-state index contributed by atoms with van der Waals surface area (Å²) in [6, 6.07) is 14.3. The highest BCUT2D eigenvalue weighted by Gasteiger charge is 2.22. The Kier molecular flexibility index (Phi) is 6.84. The van der Waals surface area contributed by atoms with Gasteiger partial charge in [0.1, 0.15) is 11.6 Å². The average molecular weight is 460 g/mol. The fraction of sp³-hybridized carbons (Fsp3) is 0.0909. The maximum absolute atomic E-state index is 13.6. The van der Waals surface area contributed by atoms with E-state index in [1.165, 1.54) is 49.4 Å². The van der Waals surface area contributed by atoms with Crippen LogP contribution in [-0.4, -0.2) is 26.9 Å². The first-order valence-electron chi connectivity index (χ1n) is 9.27. The van der Waals surface area contributed by atoms with Gasteiger partial charge in [0, 0.05) is 0 Å². The van der Waals surface area contributed by atoms with Gasteiger partial charge in [-0.15, -0.1) is 0 Å². The molecule has 0 aliphatic heterocycles. The molecule has 0 fully saturated rings. The third-order valence-corrected chi connectivity index (χ3v) is 5.83. The van der Waals surface area contributed by atoms with E-state index >= 15 is 0 Å². The van der Waals surface area contributed by atoms with Gasteiger partial charge < -0.3 is 10.1 Å². The zero-order chi connectivity index (χ0) is 23.3. The molecule has 0 radical (unpaired) electrons. The number of nitrogens with one attached hydrogen (secondary N) is 2. The van der Waals surface area contributed by atoms with E-state index in [1.54, 1.807) is 0 Å². The molecule has 166 valence electrons. The molecular formula is C22H18F2N2O5S. The molecule has 0 saturated carbocycles. The third-order valence-electron chi connectivity index (χ3n) is 4.30. The summed E-state index contributed by atoms with van der Waals surface area (Å²) in [7, 11) is -4.14. The minimum absolute atomic E-state index is 0.0728. The molecule has 1 amide bonds. The van der Waals surface area contributed by atoms with Crippen molar-refractivity contribution in [3.63, 3.8) is 0 Å². The Labute approximate surface area is 183 Å². The number of hydrogen-bond donors (Lipinski definition) is 2. The normalized spacial score (nSPS) is 11.0. The van der Waals surface area contributed by atoms with Gasteiger partial charge in [0.25, 0.3) is 15.9 Å². The molecule has 2 N–H and O–H groups in total. The van der Waals surface area contributed by atoms with Gasteiger partial charge in [0.15, 0.2) is 6.61 Å². The van der Waals surface area contributed by atoms with Crippen molar-refractivity contribution < 1.29 is 31.5 Å². The molecule has 0 spiro atoms. The lowest BCUT2D eigenvalue weighted by Gasteiger charge is -2.13. The predicted molar refractivity (Wildman–Crippen MR) is 114 cm³/mol. The van der Waals surface area contributed by atoms with E-state index in [1.807, 2.05) is 0 Å². The number of ether oxygens (including phenoxy) is 1. The van der Waals surface area contributed by atoms with Gasteiger partial charge in [-0.2, -0.15) is 0 Å². The van der Waals surface area contributed by atoms with E-state index in [0.717, 1.165) is 24.3 Å². The molecule has 0 saturated heterocycles. The average Bonchev–Trinajstić information content (AvgIpc) is 2.73. The van der Waals surface area contributed by atoms with Crippen molar-refractivity contribution in [2.24, 2.45) is 0 Å². The number of benzene rings is 3. The summed E-state index contributed by atoms with van der Waals surface area (Å²) >= 11 is 0. The van der Waals surface area contributed by atoms with E-state index in [9.17, 15) is 26.8 Å². The first-order valence-corrected chi connectivity index (χ1v) is 10.8. The van der Waals surface area contributed by atoms with Crippen molar-refractivity contribution in [1.29, 1.82) is 0 Å². The Balaban J connectivity index is 1.72. The van der Waals surface area contributed by atoms with Gasteiger partial charge >= 0.3 is 5.97 Å². The van der Waals surface area contributed by atoms with Crippen LogP contribution in [0.5, 0.6) is 0 Å². The molecule has 0 atom stereocenters. The third kappa shape index (κ3) is 5.46. The number of para-hydroxylation sites is 2. The molecule has 0 aliphatic rings. The number of hydrogen-bond acceptors (Lipinski definition) is 5. The molecule has 0 heterocycles. The molecule has 0 unspecified atom stereocenters. The molecule has 7 nitrogen and oxygen atoms in total. The predicted octanol–water partition coefficient (Wildman–Crippen LogP) is 3.87. The second-order valence-corrected chi connectivity index (χ2v) is 8.32. The first kappa shape index (κ1) is 22.9. The van der Waals surface area contributed by atoms with Gasteiger partial charge in [0.2, 0.25) is 0 Å². The van der Waals surface area contributed by atoms with E-state index in [-0.39, 0.29) is 27.4 Å². The largest absolute Gasteiger partial charge is 0.452 e. The molecule has 3 rings (SSSR count). The van der Waals surface area contributed by atoms with Gasteiger partial charge in [-0.25, -0.2) is 22.0 Å². The van der Waals surface area contributed by atoms with E-state index < -0.39 is 40.1 Å². The Morgan fingerprint density at radius 3 is 2.28 bits per heavy atom. The number of carbonyl (C=O) groups is 2. The summed E-state index contributed by atoms with van der Waals surface area (Å²) in [5.74, 6) is -2.98. The SMILES string of the molecule is Cc1cc(F)ccc1S(=O)(=O)Nc1ccccc1C(=O)OCC(=O)Nc1ccccc1F. The highest BCUT2D eigenvalue weighted by Crippen LogP contribution is 2.23. The van der Waals surface area contributed by atoms with Gasteiger partial charge in [-0.05, 0) is 55.0 Å². The number of amides is 1. The molecule has 10 heteroatoms. The summed E-state index contributed by atoms with van der Waals surface area (Å²) in [6.07, 6.45) is 0. The zero-order valence-electron chi connectivity index (χ0n) is 16.8. The highest BCUT2D eigenvalue weighted by atomic mass is 32.2. The van der Waals surface area contributed by atoms with E-state index in [0.29, 0.717) is 0 Å². The molecule has 3 aromatic rings. The van der Waals surface area contributed by atoms with Crippen LogP contribution in [0, 0.1) is 18.6 Å². The summed E-state index contributed by atoms with van der Waals surface area (Å²) in [5.41, 5.74) is -0.121. The van der Waals surface area contributed by atoms with Crippen LogP contribution in [-0.2, 0) is 19.6 Å². The molecule has 3 aromatic carbocycles. The van der Waals surface area contributed by atoms with Crippen LogP contribution in [0.3, 0.4) is 0 Å². The molecule has 0 aromatic heterocycles. The number of sulfonamides is 1. The number of rotatable bonds is 7. The van der Waals surface area contributed by atoms with Gasteiger partial charge in [-0.1, -0.05) is 24.3 Å². The second kappa shape index (κ2) is 9.56. The number of anilines is 2. The van der Waals surface area contributed by atoms with Crippen molar-refractivity contribution >= 4 is 33.3 Å². The highest BCUT2D eigenvalue weighted by molar-refractivity contribution is 7.92. The van der Waals surface area contributed by atoms with Crippen molar-refractivity contribution in [3.05, 3.63) is 89.5 Å². The lowest BCUT2D eigenvalue weighted by molar-refractivity contribution is -0.119. The minimum atomic E-state index is -4.14. The molecule has 0 bridgehead atoms. The van der Waals surface area contributed by atoms with Crippen LogP contribution in [0.15, 0.2) is 71.6 Å². The fourth-order valence-electron chi connectivity index (χ4n) is 2.82. The Morgan fingerprint density at radius 1 is 0.938 bits per heavy atom. The van der Waals surface area contributed by atoms with Crippen LogP contribution in [0.1, 0.15) is 15.9 Å². The molecular weight excluding hydrogens is 442 g/mol. The van der Waals surface area contributed by atoms with Crippen LogP contribution in [0.25, 0.3) is 0 Å². The standard InChI is InChI=1S/C22H18F2N2O5S/c1-14-12-15(23)10-11-20(14)32(29,30)26-18-8-4-2-6-16(18)22(28)31-13-21(27)25-19-9-5-3-7-17(19)24/h2-12,26H,13H2,1H3,(H,25,27). The van der Waals surface area contributed by atoms with Crippen molar-refractivity contribution in [1.82, 2.24) is 0 Å². The summed E-state index contributed by atoms with van der Waals surface area (Å²) in [4.78, 5) is 24.3. The lowest BCUT2D eigenvalue weighted by atomic mass is 10.2. The summed E-state index contributed by atoms with van der Waals surface area (Å²) < 4.78 is 59.6. The van der Waals surface area contributed by atoms with Gasteiger partial charge in [-0.3, -0.25) is 9.52 Å². The Bertz CT molecular complexity index is 1280. The van der Waals surface area contributed by atoms with Crippen LogP contribution < -0.4 is 10.0 Å². The maximum Gasteiger partial charge on any atom is 0.340 e. The van der Waals surface area contributed by atoms with Crippen LogP contribution in [0.2, 0.25) is 0 Å². The maximum atomic E-state index is 13.6. The Hall–Kier alpha value is -3.79. The second-order valence-electron chi connectivity index (χ2n) is 6.67. The summed E-state index contributed by atoms with van der Waals surface area (Å²) in [5, 5.41) is 2.27. The lowest BCUT2D eigenvalue weighted by Crippen LogP contribution is -2.22. The van der Waals surface area contributed by atoms with Crippen LogP contribution in [0.4, 0.5) is 20.2 Å². The smallest absolute Gasteiger partial charge is 0.340 e. The number of esters is 1. The van der Waals surface area contributed by atoms with E-state index in [4.69, 9.17) is 4.74 Å². The van der Waals surface area contributed by atoms with Crippen LogP contribution >= 0.6 is 0 Å². The van der Waals surface area contributed by atoms with Crippen molar-refractivity contribution in [3.8, 4) is 0 Å². The topological polar surface area (TPSA) is 102 Å². The fourth-order valence-corrected chi connectivity index (χ4v) is 4.13. The van der Waals surface area contributed by atoms with Crippen molar-refractivity contribution in [2.45, 2.75) is 11.8 Å². The first-order chi connectivity index (χ1) is 15.2. The quantitative estimate of drug-likeness (QED) is 0.522. The van der Waals surface area contributed by atoms with Crippen molar-refractivity contribution in [2.75, 3.05) is 16.6 Å². The zero-order valence-corrected chi connectivity index (χ0v) is 17.6.